The summed E-state index contributed by atoms with van der Waals surface area (Å²) in [4.78, 5) is 0. The summed E-state index contributed by atoms with van der Waals surface area (Å²) in [6.07, 6.45) is 4.14. The average Bonchev–Trinajstić information content (AvgIpc) is 2.57. The van der Waals surface area contributed by atoms with Crippen molar-refractivity contribution in [1.29, 1.82) is 0 Å². The minimum Gasteiger partial charge on any atom is -0.487 e. The van der Waals surface area contributed by atoms with Crippen LogP contribution in [0.2, 0.25) is 0 Å². The first kappa shape index (κ1) is 14.3. The fraction of sp³-hybridized carbons (Fsp3) is 0.600. The largest absolute Gasteiger partial charge is 0.487 e. The minimum absolute atomic E-state index is 0.217. The van der Waals surface area contributed by atoms with E-state index in [9.17, 15) is 9.50 Å². The van der Waals surface area contributed by atoms with Crippen LogP contribution in [0.25, 0.3) is 0 Å². The number of ether oxygens (including phenoxy) is 1. The van der Waals surface area contributed by atoms with Crippen LogP contribution >= 0.6 is 0 Å². The number of halogens is 1. The molecule has 1 aromatic rings. The molecule has 2 rings (SSSR count). The highest BCUT2D eigenvalue weighted by Gasteiger charge is 2.24. The van der Waals surface area contributed by atoms with Crippen LogP contribution in [0.4, 0.5) is 4.39 Å². The van der Waals surface area contributed by atoms with E-state index in [0.29, 0.717) is 11.3 Å². The second kappa shape index (κ2) is 6.35. The van der Waals surface area contributed by atoms with Crippen molar-refractivity contribution >= 4 is 0 Å². The van der Waals surface area contributed by atoms with Crippen LogP contribution < -0.4 is 10.5 Å². The molecular formula is C15H22FNO2. The summed E-state index contributed by atoms with van der Waals surface area (Å²) in [6.45, 7) is 1.80. The number of rotatable bonds is 3. The maximum atomic E-state index is 13.3. The zero-order valence-electron chi connectivity index (χ0n) is 11.3. The number of benzene rings is 1. The summed E-state index contributed by atoms with van der Waals surface area (Å²) in [5.41, 5.74) is 6.49. The van der Waals surface area contributed by atoms with Crippen LogP contribution in [-0.2, 0) is 0 Å². The van der Waals surface area contributed by atoms with Gasteiger partial charge in [-0.15, -0.1) is 0 Å². The SMILES string of the molecule is C[C@H](N)c1cc(F)ccc1OC1CCCCCC1O. The number of aliphatic hydroxyl groups excluding tert-OH is 1. The number of aliphatic hydroxyl groups is 1. The minimum atomic E-state index is -0.450. The van der Waals surface area contributed by atoms with Gasteiger partial charge in [0.25, 0.3) is 0 Å². The van der Waals surface area contributed by atoms with Gasteiger partial charge in [-0.05, 0) is 44.4 Å². The molecule has 0 amide bonds. The van der Waals surface area contributed by atoms with Gasteiger partial charge in [0.1, 0.15) is 17.7 Å². The zero-order chi connectivity index (χ0) is 13.8. The van der Waals surface area contributed by atoms with Gasteiger partial charge in [-0.1, -0.05) is 12.8 Å². The van der Waals surface area contributed by atoms with E-state index < -0.39 is 6.10 Å². The van der Waals surface area contributed by atoms with Crippen molar-refractivity contribution in [3.8, 4) is 5.75 Å². The molecule has 0 heterocycles. The monoisotopic (exact) mass is 267 g/mol. The Labute approximate surface area is 113 Å². The smallest absolute Gasteiger partial charge is 0.124 e. The van der Waals surface area contributed by atoms with Crippen LogP contribution in [0.3, 0.4) is 0 Å². The summed E-state index contributed by atoms with van der Waals surface area (Å²) in [5, 5.41) is 10.1. The fourth-order valence-corrected chi connectivity index (χ4v) is 2.54. The third kappa shape index (κ3) is 3.67. The summed E-state index contributed by atoms with van der Waals surface area (Å²) in [5.74, 6) is 0.267. The van der Waals surface area contributed by atoms with E-state index in [1.807, 2.05) is 0 Å². The van der Waals surface area contributed by atoms with Crippen molar-refractivity contribution in [2.45, 2.75) is 57.3 Å². The van der Waals surface area contributed by atoms with E-state index >= 15 is 0 Å². The highest BCUT2D eigenvalue weighted by atomic mass is 19.1. The molecular weight excluding hydrogens is 245 g/mol. The Balaban J connectivity index is 2.17. The quantitative estimate of drug-likeness (QED) is 0.828. The van der Waals surface area contributed by atoms with E-state index in [-0.39, 0.29) is 18.0 Å². The average molecular weight is 267 g/mol. The molecule has 3 N–H and O–H groups in total. The maximum absolute atomic E-state index is 13.3. The highest BCUT2D eigenvalue weighted by molar-refractivity contribution is 5.36. The predicted molar refractivity (Wildman–Crippen MR) is 72.5 cm³/mol. The number of hydrogen-bond donors (Lipinski definition) is 2. The van der Waals surface area contributed by atoms with Gasteiger partial charge in [-0.25, -0.2) is 4.39 Å². The molecule has 0 aliphatic heterocycles. The Morgan fingerprint density at radius 1 is 1.32 bits per heavy atom. The van der Waals surface area contributed by atoms with Crippen molar-refractivity contribution in [3.63, 3.8) is 0 Å². The molecule has 4 heteroatoms. The van der Waals surface area contributed by atoms with Gasteiger partial charge in [-0.3, -0.25) is 0 Å². The second-order valence-electron chi connectivity index (χ2n) is 5.33. The molecule has 2 unspecified atom stereocenters. The fourth-order valence-electron chi connectivity index (χ4n) is 2.54. The molecule has 1 aromatic carbocycles. The zero-order valence-corrected chi connectivity index (χ0v) is 11.3. The summed E-state index contributed by atoms with van der Waals surface area (Å²) in [6, 6.07) is 4.08. The molecule has 0 bridgehead atoms. The van der Waals surface area contributed by atoms with Gasteiger partial charge in [0.15, 0.2) is 0 Å². The molecule has 19 heavy (non-hydrogen) atoms. The van der Waals surface area contributed by atoms with Crippen LogP contribution in [0.1, 0.15) is 50.6 Å². The third-order valence-corrected chi connectivity index (χ3v) is 3.66. The highest BCUT2D eigenvalue weighted by Crippen LogP contribution is 2.29. The molecule has 1 aliphatic rings. The number of nitrogens with two attached hydrogens (primary N) is 1. The second-order valence-corrected chi connectivity index (χ2v) is 5.33. The lowest BCUT2D eigenvalue weighted by Gasteiger charge is -2.24. The van der Waals surface area contributed by atoms with Gasteiger partial charge >= 0.3 is 0 Å². The van der Waals surface area contributed by atoms with Gasteiger partial charge in [0, 0.05) is 11.6 Å². The van der Waals surface area contributed by atoms with Gasteiger partial charge < -0.3 is 15.6 Å². The van der Waals surface area contributed by atoms with Crippen molar-refractivity contribution in [2.75, 3.05) is 0 Å². The molecule has 0 aromatic heterocycles. The van der Waals surface area contributed by atoms with Gasteiger partial charge in [0.05, 0.1) is 6.10 Å². The lowest BCUT2D eigenvalue weighted by molar-refractivity contribution is 0.0312. The first-order chi connectivity index (χ1) is 9.08. The summed E-state index contributed by atoms with van der Waals surface area (Å²) < 4.78 is 19.2. The van der Waals surface area contributed by atoms with Gasteiger partial charge in [0.2, 0.25) is 0 Å². The molecule has 3 atom stereocenters. The Morgan fingerprint density at radius 3 is 2.79 bits per heavy atom. The van der Waals surface area contributed by atoms with Crippen LogP contribution in [0.15, 0.2) is 18.2 Å². The van der Waals surface area contributed by atoms with E-state index in [1.54, 1.807) is 13.0 Å². The van der Waals surface area contributed by atoms with Gasteiger partial charge in [-0.2, -0.15) is 0 Å². The standard InChI is InChI=1S/C15H22FNO2/c1-10(17)12-9-11(16)7-8-14(12)19-15-6-4-2-3-5-13(15)18/h7-10,13,15,18H,2-6,17H2,1H3/t10-,13?,15?/m0/s1. The van der Waals surface area contributed by atoms with Crippen LogP contribution in [-0.4, -0.2) is 17.3 Å². The summed E-state index contributed by atoms with van der Waals surface area (Å²) in [7, 11) is 0. The topological polar surface area (TPSA) is 55.5 Å². The van der Waals surface area contributed by atoms with E-state index in [4.69, 9.17) is 10.5 Å². The van der Waals surface area contributed by atoms with Crippen molar-refractivity contribution < 1.29 is 14.2 Å². The molecule has 0 saturated heterocycles. The van der Waals surface area contributed by atoms with Crippen molar-refractivity contribution in [3.05, 3.63) is 29.6 Å². The molecule has 1 saturated carbocycles. The van der Waals surface area contributed by atoms with Crippen LogP contribution in [0.5, 0.6) is 5.75 Å². The Kier molecular flexibility index (Phi) is 4.77. The first-order valence-electron chi connectivity index (χ1n) is 6.97. The van der Waals surface area contributed by atoms with Crippen molar-refractivity contribution in [1.82, 2.24) is 0 Å². The van der Waals surface area contributed by atoms with Crippen molar-refractivity contribution in [2.24, 2.45) is 5.73 Å². The lowest BCUT2D eigenvalue weighted by atomic mass is 10.1. The Hall–Kier alpha value is -1.13. The van der Waals surface area contributed by atoms with E-state index in [1.165, 1.54) is 12.1 Å². The lowest BCUT2D eigenvalue weighted by Crippen LogP contribution is -2.31. The molecule has 106 valence electrons. The summed E-state index contributed by atoms with van der Waals surface area (Å²) >= 11 is 0. The number of hydrogen-bond acceptors (Lipinski definition) is 3. The molecule has 0 spiro atoms. The Morgan fingerprint density at radius 2 is 2.05 bits per heavy atom. The predicted octanol–water partition coefficient (Wildman–Crippen LogP) is 2.92. The molecule has 3 nitrogen and oxygen atoms in total. The van der Waals surface area contributed by atoms with E-state index in [2.05, 4.69) is 0 Å². The van der Waals surface area contributed by atoms with Crippen LogP contribution in [0, 0.1) is 5.82 Å². The molecule has 0 radical (unpaired) electrons. The third-order valence-electron chi connectivity index (χ3n) is 3.66. The first-order valence-corrected chi connectivity index (χ1v) is 6.97. The Bertz CT molecular complexity index is 423. The molecule has 1 aliphatic carbocycles. The normalized spacial score (nSPS) is 25.7. The maximum Gasteiger partial charge on any atom is 0.124 e. The van der Waals surface area contributed by atoms with E-state index in [0.717, 1.165) is 32.1 Å². The molecule has 1 fully saturated rings.